The smallest absolute Gasteiger partial charge is 0.00966 e. The minimum Gasteiger partial charge on any atom is -0.316 e. The van der Waals surface area contributed by atoms with E-state index in [0.29, 0.717) is 0 Å². The zero-order chi connectivity index (χ0) is 9.38. The normalized spacial score (nSPS) is 32.8. The highest BCUT2D eigenvalue weighted by Gasteiger charge is 2.34. The Hall–Kier alpha value is -0.0800. The summed E-state index contributed by atoms with van der Waals surface area (Å²) in [4.78, 5) is 2.80. The molecule has 0 aromatic carbocycles. The van der Waals surface area contributed by atoms with Gasteiger partial charge in [0.25, 0.3) is 0 Å². The van der Waals surface area contributed by atoms with E-state index in [1.54, 1.807) is 0 Å². The molecule has 3 aliphatic rings. The lowest BCUT2D eigenvalue weighted by Crippen LogP contribution is -2.34. The largest absolute Gasteiger partial charge is 0.316 e. The minimum atomic E-state index is 0.953. The third kappa shape index (κ3) is 2.29. The van der Waals surface area contributed by atoms with E-state index in [0.717, 1.165) is 17.9 Å². The number of hydrogen-bond donors (Lipinski definition) is 1. The first-order chi connectivity index (χ1) is 6.92. The van der Waals surface area contributed by atoms with Crippen LogP contribution in [-0.4, -0.2) is 37.1 Å². The van der Waals surface area contributed by atoms with Crippen LogP contribution in [0.1, 0.15) is 32.1 Å². The van der Waals surface area contributed by atoms with Gasteiger partial charge < -0.3 is 5.32 Å². The fourth-order valence-electron chi connectivity index (χ4n) is 2.65. The SMILES string of the molecule is C1CC(CN(CC2CC2)C2CC2)CN1. The van der Waals surface area contributed by atoms with Gasteiger partial charge >= 0.3 is 0 Å². The van der Waals surface area contributed by atoms with Crippen molar-refractivity contribution < 1.29 is 0 Å². The molecule has 0 aromatic heterocycles. The predicted molar refractivity (Wildman–Crippen MR) is 58.3 cm³/mol. The average molecular weight is 194 g/mol. The van der Waals surface area contributed by atoms with Crippen LogP contribution in [0, 0.1) is 11.8 Å². The molecule has 1 N–H and O–H groups in total. The van der Waals surface area contributed by atoms with Crippen LogP contribution in [-0.2, 0) is 0 Å². The second-order valence-electron chi connectivity index (χ2n) is 5.49. The molecule has 80 valence electrons. The molecule has 3 fully saturated rings. The quantitative estimate of drug-likeness (QED) is 0.713. The summed E-state index contributed by atoms with van der Waals surface area (Å²) >= 11 is 0. The molecule has 0 aromatic rings. The predicted octanol–water partition coefficient (Wildman–Crippen LogP) is 1.47. The summed E-state index contributed by atoms with van der Waals surface area (Å²) in [6.07, 6.45) is 7.38. The fourth-order valence-corrected chi connectivity index (χ4v) is 2.65. The molecule has 0 bridgehead atoms. The summed E-state index contributed by atoms with van der Waals surface area (Å²) in [5.41, 5.74) is 0. The van der Waals surface area contributed by atoms with Crippen LogP contribution in [0.4, 0.5) is 0 Å². The second-order valence-corrected chi connectivity index (χ2v) is 5.49. The van der Waals surface area contributed by atoms with E-state index < -0.39 is 0 Å². The molecule has 2 nitrogen and oxygen atoms in total. The standard InChI is InChI=1S/C12H22N2/c1-2-10(1)8-14(12-3-4-12)9-11-5-6-13-7-11/h10-13H,1-9H2. The summed E-state index contributed by atoms with van der Waals surface area (Å²) in [6, 6.07) is 0.983. The van der Waals surface area contributed by atoms with Crippen LogP contribution in [0.2, 0.25) is 0 Å². The molecule has 1 atom stereocenters. The Bertz CT molecular complexity index is 190. The van der Waals surface area contributed by atoms with Crippen molar-refractivity contribution in [2.75, 3.05) is 26.2 Å². The molecule has 1 heterocycles. The summed E-state index contributed by atoms with van der Waals surface area (Å²) < 4.78 is 0. The van der Waals surface area contributed by atoms with Crippen LogP contribution >= 0.6 is 0 Å². The summed E-state index contributed by atoms with van der Waals surface area (Å²) in [6.45, 7) is 5.33. The minimum absolute atomic E-state index is 0.953. The molecule has 2 heteroatoms. The van der Waals surface area contributed by atoms with Crippen molar-refractivity contribution in [2.45, 2.75) is 38.1 Å². The van der Waals surface area contributed by atoms with Crippen LogP contribution in [0.15, 0.2) is 0 Å². The van der Waals surface area contributed by atoms with Gasteiger partial charge in [0.2, 0.25) is 0 Å². The van der Waals surface area contributed by atoms with E-state index in [9.17, 15) is 0 Å². The van der Waals surface area contributed by atoms with Gasteiger partial charge in [-0.05, 0) is 57.0 Å². The highest BCUT2D eigenvalue weighted by Crippen LogP contribution is 2.35. The van der Waals surface area contributed by atoms with E-state index in [1.807, 2.05) is 0 Å². The van der Waals surface area contributed by atoms with Crippen molar-refractivity contribution in [3.63, 3.8) is 0 Å². The molecule has 0 spiro atoms. The molecule has 14 heavy (non-hydrogen) atoms. The Kier molecular flexibility index (Phi) is 2.50. The Balaban J connectivity index is 1.49. The molecule has 0 amide bonds. The van der Waals surface area contributed by atoms with E-state index in [-0.39, 0.29) is 0 Å². The molecule has 1 saturated heterocycles. The molecule has 2 saturated carbocycles. The first kappa shape index (κ1) is 9.17. The van der Waals surface area contributed by atoms with E-state index >= 15 is 0 Å². The third-order valence-corrected chi connectivity index (χ3v) is 3.91. The molecule has 2 aliphatic carbocycles. The van der Waals surface area contributed by atoms with Crippen molar-refractivity contribution in [3.05, 3.63) is 0 Å². The number of nitrogens with zero attached hydrogens (tertiary/aromatic N) is 1. The molecule has 0 radical (unpaired) electrons. The zero-order valence-electron chi connectivity index (χ0n) is 9.04. The van der Waals surface area contributed by atoms with Gasteiger partial charge in [-0.2, -0.15) is 0 Å². The van der Waals surface area contributed by atoms with E-state index in [2.05, 4.69) is 10.2 Å². The highest BCUT2D eigenvalue weighted by molar-refractivity contribution is 4.90. The number of hydrogen-bond acceptors (Lipinski definition) is 2. The van der Waals surface area contributed by atoms with E-state index in [1.165, 1.54) is 58.3 Å². The van der Waals surface area contributed by atoms with Gasteiger partial charge in [-0.15, -0.1) is 0 Å². The Morgan fingerprint density at radius 2 is 1.71 bits per heavy atom. The summed E-state index contributed by atoms with van der Waals surface area (Å²) in [5, 5.41) is 3.48. The number of nitrogens with one attached hydrogen (secondary N) is 1. The maximum Gasteiger partial charge on any atom is 0.00966 e. The lowest BCUT2D eigenvalue weighted by Gasteiger charge is -2.24. The Morgan fingerprint density at radius 3 is 2.29 bits per heavy atom. The molecule has 3 rings (SSSR count). The van der Waals surface area contributed by atoms with Crippen molar-refractivity contribution in [2.24, 2.45) is 11.8 Å². The molecule has 1 aliphatic heterocycles. The van der Waals surface area contributed by atoms with Crippen LogP contribution in [0.25, 0.3) is 0 Å². The maximum atomic E-state index is 3.48. The van der Waals surface area contributed by atoms with Crippen LogP contribution in [0.5, 0.6) is 0 Å². The molecule has 1 unspecified atom stereocenters. The topological polar surface area (TPSA) is 15.3 Å². The van der Waals surface area contributed by atoms with Gasteiger partial charge in [-0.1, -0.05) is 0 Å². The first-order valence-corrected chi connectivity index (χ1v) is 6.36. The van der Waals surface area contributed by atoms with E-state index in [4.69, 9.17) is 0 Å². The summed E-state index contributed by atoms with van der Waals surface area (Å²) in [5.74, 6) is 2.03. The number of rotatable bonds is 5. The molecular weight excluding hydrogens is 172 g/mol. The van der Waals surface area contributed by atoms with Gasteiger partial charge in [-0.3, -0.25) is 4.90 Å². The van der Waals surface area contributed by atoms with Crippen molar-refractivity contribution in [1.82, 2.24) is 10.2 Å². The van der Waals surface area contributed by atoms with Crippen molar-refractivity contribution >= 4 is 0 Å². The second kappa shape index (κ2) is 3.82. The van der Waals surface area contributed by atoms with Gasteiger partial charge in [0.1, 0.15) is 0 Å². The maximum absolute atomic E-state index is 3.48. The van der Waals surface area contributed by atoms with Gasteiger partial charge in [0.15, 0.2) is 0 Å². The van der Waals surface area contributed by atoms with Crippen molar-refractivity contribution in [3.8, 4) is 0 Å². The van der Waals surface area contributed by atoms with Crippen LogP contribution < -0.4 is 5.32 Å². The lowest BCUT2D eigenvalue weighted by atomic mass is 10.1. The van der Waals surface area contributed by atoms with Crippen molar-refractivity contribution in [1.29, 1.82) is 0 Å². The Labute approximate surface area is 87.0 Å². The zero-order valence-corrected chi connectivity index (χ0v) is 9.04. The van der Waals surface area contributed by atoms with Crippen LogP contribution in [0.3, 0.4) is 0 Å². The van der Waals surface area contributed by atoms with Gasteiger partial charge in [-0.25, -0.2) is 0 Å². The fraction of sp³-hybridized carbons (Fsp3) is 1.00. The lowest BCUT2D eigenvalue weighted by molar-refractivity contribution is 0.219. The van der Waals surface area contributed by atoms with Gasteiger partial charge in [0.05, 0.1) is 0 Å². The Morgan fingerprint density at radius 1 is 0.929 bits per heavy atom. The summed E-state index contributed by atoms with van der Waals surface area (Å²) in [7, 11) is 0. The van der Waals surface area contributed by atoms with Gasteiger partial charge in [0, 0.05) is 19.1 Å². The molecular formula is C12H22N2. The first-order valence-electron chi connectivity index (χ1n) is 6.36. The average Bonchev–Trinajstić information content (AvgIpc) is 3.07. The third-order valence-electron chi connectivity index (χ3n) is 3.91. The monoisotopic (exact) mass is 194 g/mol. The highest BCUT2D eigenvalue weighted by atomic mass is 15.2.